The second-order valence-corrected chi connectivity index (χ2v) is 7.53. The number of hydrogen-bond donors (Lipinski definition) is 2. The quantitative estimate of drug-likeness (QED) is 0.723. The Morgan fingerprint density at radius 3 is 2.71 bits per heavy atom. The van der Waals surface area contributed by atoms with Crippen molar-refractivity contribution in [2.75, 3.05) is 11.9 Å². The van der Waals surface area contributed by atoms with Crippen molar-refractivity contribution in [3.05, 3.63) is 57.6 Å². The minimum atomic E-state index is -2.16. The molecule has 0 unspecified atom stereocenters. The zero-order valence-electron chi connectivity index (χ0n) is 14.9. The molecule has 3 N–H and O–H groups in total. The van der Waals surface area contributed by atoms with Gasteiger partial charge in [0.2, 0.25) is 11.7 Å². The van der Waals surface area contributed by atoms with Crippen molar-refractivity contribution in [3.63, 3.8) is 0 Å². The molecule has 1 aromatic carbocycles. The van der Waals surface area contributed by atoms with Crippen molar-refractivity contribution in [2.24, 2.45) is 10.7 Å². The van der Waals surface area contributed by atoms with Gasteiger partial charge in [-0.3, -0.25) is 4.79 Å². The molecular formula is C18H16Cl2F2N4O2. The molecule has 1 amide bonds. The molecule has 0 bridgehead atoms. The van der Waals surface area contributed by atoms with Gasteiger partial charge in [-0.15, -0.1) is 0 Å². The number of halogens is 4. The molecule has 3 rings (SSSR count). The van der Waals surface area contributed by atoms with Gasteiger partial charge in [0.15, 0.2) is 5.82 Å². The average molecular weight is 429 g/mol. The summed E-state index contributed by atoms with van der Waals surface area (Å²) in [6.07, 6.45) is 1.24. The topological polar surface area (TPSA) is 89.6 Å². The smallest absolute Gasteiger partial charge is 0.275 e. The molecule has 1 aliphatic rings. The van der Waals surface area contributed by atoms with Crippen molar-refractivity contribution in [2.45, 2.75) is 25.2 Å². The first-order valence-electron chi connectivity index (χ1n) is 8.13. The molecule has 2 heterocycles. The van der Waals surface area contributed by atoms with E-state index in [4.69, 9.17) is 33.7 Å². The molecule has 2 atom stereocenters. The maximum Gasteiger partial charge on any atom is 0.275 e. The molecule has 148 valence electrons. The predicted molar refractivity (Wildman–Crippen MR) is 103 cm³/mol. The summed E-state index contributed by atoms with van der Waals surface area (Å²) in [7, 11) is 0. The lowest BCUT2D eigenvalue weighted by atomic mass is 9.92. The summed E-state index contributed by atoms with van der Waals surface area (Å²) in [4.78, 5) is 20.0. The van der Waals surface area contributed by atoms with E-state index in [2.05, 4.69) is 15.3 Å². The van der Waals surface area contributed by atoms with Gasteiger partial charge in [-0.05, 0) is 32.0 Å². The summed E-state index contributed by atoms with van der Waals surface area (Å²) in [5.41, 5.74) is 4.04. The molecule has 2 aromatic rings. The summed E-state index contributed by atoms with van der Waals surface area (Å²) in [5, 5.41) is 2.63. The Bertz CT molecular complexity index is 980. The summed E-state index contributed by atoms with van der Waals surface area (Å²) in [5.74, 6) is -4.00. The molecule has 6 nitrogen and oxygen atoms in total. The van der Waals surface area contributed by atoms with Crippen LogP contribution in [-0.4, -0.2) is 34.7 Å². The van der Waals surface area contributed by atoms with Gasteiger partial charge in [0.25, 0.3) is 5.91 Å². The number of aromatic nitrogens is 1. The van der Waals surface area contributed by atoms with E-state index in [0.29, 0.717) is 0 Å². The number of carbonyl (C=O) groups excluding carboxylic acids is 1. The largest absolute Gasteiger partial charge is 0.475 e. The van der Waals surface area contributed by atoms with Crippen LogP contribution in [-0.2, 0) is 4.74 Å². The second-order valence-electron chi connectivity index (χ2n) is 6.68. The van der Waals surface area contributed by atoms with E-state index in [0.717, 1.165) is 0 Å². The average Bonchev–Trinajstić information content (AvgIpc) is 2.59. The van der Waals surface area contributed by atoms with Crippen molar-refractivity contribution in [1.29, 1.82) is 0 Å². The molecule has 10 heteroatoms. The van der Waals surface area contributed by atoms with Crippen LogP contribution in [0.3, 0.4) is 0 Å². The van der Waals surface area contributed by atoms with Crippen LogP contribution in [0, 0.1) is 5.82 Å². The third-order valence-electron chi connectivity index (χ3n) is 4.36. The fourth-order valence-electron chi connectivity index (χ4n) is 2.40. The molecule has 0 spiro atoms. The number of rotatable bonds is 3. The molecule has 0 fully saturated rings. The Kier molecular flexibility index (Phi) is 5.31. The number of hydrogen-bond acceptors (Lipinski definition) is 5. The molecule has 0 aliphatic carbocycles. The molecular weight excluding hydrogens is 413 g/mol. The maximum atomic E-state index is 14.9. The molecule has 0 radical (unpaired) electrons. The minimum Gasteiger partial charge on any atom is -0.475 e. The van der Waals surface area contributed by atoms with Gasteiger partial charge >= 0.3 is 0 Å². The van der Waals surface area contributed by atoms with Gasteiger partial charge in [-0.1, -0.05) is 29.3 Å². The molecule has 0 saturated carbocycles. The molecule has 1 aromatic heterocycles. The first-order chi connectivity index (χ1) is 13.0. The number of benzene rings is 1. The maximum absolute atomic E-state index is 14.9. The number of amides is 1. The number of pyridine rings is 1. The number of alkyl halides is 1. The highest BCUT2D eigenvalue weighted by molar-refractivity contribution is 6.36. The number of nitrogens with zero attached hydrogens (tertiary/aromatic N) is 2. The van der Waals surface area contributed by atoms with E-state index in [1.807, 2.05) is 0 Å². The van der Waals surface area contributed by atoms with Crippen LogP contribution in [0.25, 0.3) is 0 Å². The fourth-order valence-corrected chi connectivity index (χ4v) is 2.86. The van der Waals surface area contributed by atoms with E-state index in [1.165, 1.54) is 44.3 Å². The number of ether oxygens (including phenoxy) is 1. The Labute approximate surface area is 169 Å². The first-order valence-corrected chi connectivity index (χ1v) is 8.89. The van der Waals surface area contributed by atoms with Gasteiger partial charge in [0.1, 0.15) is 17.8 Å². The monoisotopic (exact) mass is 428 g/mol. The standard InChI is InChI=1S/C18H16Cl2F2N4O2/c1-17(23)8-28-16(26-18(17,2)22)10-4-3-5-12(13(10)21)25-15(27)14-11(20)6-9(19)7-24-14/h3-7H,8,23H2,1-2H3,(H,25,27)/t17-,18+/m1/s1. The van der Waals surface area contributed by atoms with Crippen LogP contribution < -0.4 is 11.1 Å². The minimum absolute atomic E-state index is 0.0111. The summed E-state index contributed by atoms with van der Waals surface area (Å²) in [6.45, 7) is 2.44. The second kappa shape index (κ2) is 7.27. The fraction of sp³-hybridized carbons (Fsp3) is 0.278. The molecule has 28 heavy (non-hydrogen) atoms. The zero-order chi connectivity index (χ0) is 20.7. The summed E-state index contributed by atoms with van der Waals surface area (Å²) in [6, 6.07) is 5.48. The summed E-state index contributed by atoms with van der Waals surface area (Å²) < 4.78 is 35.0. The van der Waals surface area contributed by atoms with Crippen LogP contribution in [0.5, 0.6) is 0 Å². The first kappa shape index (κ1) is 20.4. The van der Waals surface area contributed by atoms with Crippen molar-refractivity contribution in [3.8, 4) is 0 Å². The van der Waals surface area contributed by atoms with E-state index >= 15 is 0 Å². The van der Waals surface area contributed by atoms with Crippen LogP contribution >= 0.6 is 23.2 Å². The zero-order valence-corrected chi connectivity index (χ0v) is 16.4. The van der Waals surface area contributed by atoms with E-state index in [9.17, 15) is 13.6 Å². The van der Waals surface area contributed by atoms with Gasteiger partial charge in [-0.25, -0.2) is 18.8 Å². The predicted octanol–water partition coefficient (Wildman–Crippen LogP) is 3.96. The highest BCUT2D eigenvalue weighted by atomic mass is 35.5. The SMILES string of the molecule is C[C@]1(F)N=C(c2cccc(NC(=O)c3ncc(Cl)cc3Cl)c2F)OC[C@@]1(C)N. The van der Waals surface area contributed by atoms with E-state index in [1.54, 1.807) is 0 Å². The van der Waals surface area contributed by atoms with Crippen molar-refractivity contribution < 1.29 is 18.3 Å². The highest BCUT2D eigenvalue weighted by Gasteiger charge is 2.47. The molecule has 0 saturated heterocycles. The summed E-state index contributed by atoms with van der Waals surface area (Å²) >= 11 is 11.7. The third-order valence-corrected chi connectivity index (χ3v) is 4.86. The highest BCUT2D eigenvalue weighted by Crippen LogP contribution is 2.32. The van der Waals surface area contributed by atoms with E-state index < -0.39 is 23.1 Å². The van der Waals surface area contributed by atoms with Gasteiger partial charge in [0.05, 0.1) is 21.3 Å². The Hall–Kier alpha value is -2.29. The van der Waals surface area contributed by atoms with Gasteiger partial charge in [0, 0.05) is 6.20 Å². The number of nitrogens with one attached hydrogen (secondary N) is 1. The number of aliphatic imine (C=N–C) groups is 1. The Morgan fingerprint density at radius 1 is 1.36 bits per heavy atom. The third kappa shape index (κ3) is 3.80. The van der Waals surface area contributed by atoms with Crippen LogP contribution in [0.4, 0.5) is 14.5 Å². The van der Waals surface area contributed by atoms with Crippen molar-refractivity contribution in [1.82, 2.24) is 4.98 Å². The lowest BCUT2D eigenvalue weighted by molar-refractivity contribution is 0.0293. The molecule has 1 aliphatic heterocycles. The van der Waals surface area contributed by atoms with Gasteiger partial charge < -0.3 is 15.8 Å². The number of anilines is 1. The van der Waals surface area contributed by atoms with Crippen LogP contribution in [0.2, 0.25) is 10.0 Å². The van der Waals surface area contributed by atoms with Gasteiger partial charge in [-0.2, -0.15) is 0 Å². The van der Waals surface area contributed by atoms with Crippen LogP contribution in [0.1, 0.15) is 29.9 Å². The lowest BCUT2D eigenvalue weighted by Gasteiger charge is -2.38. The number of nitrogens with two attached hydrogens (primary N) is 1. The Morgan fingerprint density at radius 2 is 2.07 bits per heavy atom. The number of carbonyl (C=O) groups is 1. The Balaban J connectivity index is 1.92. The van der Waals surface area contributed by atoms with Crippen molar-refractivity contribution >= 4 is 40.7 Å². The normalized spacial score (nSPS) is 24.3. The van der Waals surface area contributed by atoms with E-state index in [-0.39, 0.29) is 39.5 Å². The lowest BCUT2D eigenvalue weighted by Crippen LogP contribution is -2.59. The van der Waals surface area contributed by atoms with Crippen LogP contribution in [0.15, 0.2) is 35.5 Å².